The average molecular weight is 236 g/mol. The van der Waals surface area contributed by atoms with Gasteiger partial charge in [-0.05, 0) is 19.3 Å². The Hall–Kier alpha value is -0.160. The molecule has 0 aromatic carbocycles. The molecule has 100 valence electrons. The summed E-state index contributed by atoms with van der Waals surface area (Å²) in [5.74, 6) is 0. The van der Waals surface area contributed by atoms with Gasteiger partial charge in [-0.25, -0.2) is 0 Å². The molecule has 2 atom stereocenters. The van der Waals surface area contributed by atoms with Crippen LogP contribution in [0.3, 0.4) is 0 Å². The van der Waals surface area contributed by atoms with E-state index in [9.17, 15) is 0 Å². The number of aliphatic hydroxyl groups is 3. The van der Waals surface area contributed by atoms with Crippen LogP contribution in [-0.4, -0.2) is 47.3 Å². The fourth-order valence-electron chi connectivity index (χ4n) is 0.734. The Morgan fingerprint density at radius 3 is 1.56 bits per heavy atom. The molecule has 0 aliphatic rings. The highest BCUT2D eigenvalue weighted by Gasteiger charge is 2.03. The largest absolute Gasteiger partial charge is 0.396 e. The van der Waals surface area contributed by atoms with Crippen molar-refractivity contribution >= 4 is 0 Å². The van der Waals surface area contributed by atoms with E-state index in [2.05, 4.69) is 6.92 Å². The van der Waals surface area contributed by atoms with Crippen LogP contribution in [0.1, 0.15) is 46.5 Å². The molecule has 0 bridgehead atoms. The molecular weight excluding hydrogens is 208 g/mol. The van der Waals surface area contributed by atoms with Gasteiger partial charge in [0.05, 0.1) is 25.4 Å². The zero-order valence-electron chi connectivity index (χ0n) is 10.9. The van der Waals surface area contributed by atoms with Crippen LogP contribution >= 0.6 is 0 Å². The third-order valence-corrected chi connectivity index (χ3v) is 2.07. The zero-order valence-corrected chi connectivity index (χ0v) is 10.9. The standard InChI is InChI=1S/C8H18O3.C4H10O/c1-3-7(9)5-11-6-8(10)4-2;1-2-3-4-5/h7-10H,3-6H2,1-2H3;5H,2-4H2,1H3. The quantitative estimate of drug-likeness (QED) is 0.594. The van der Waals surface area contributed by atoms with Gasteiger partial charge in [-0.1, -0.05) is 27.2 Å². The molecule has 0 rings (SSSR count). The zero-order chi connectivity index (χ0) is 12.8. The van der Waals surface area contributed by atoms with E-state index in [0.717, 1.165) is 12.8 Å². The van der Waals surface area contributed by atoms with Gasteiger partial charge < -0.3 is 20.1 Å². The molecule has 0 aliphatic carbocycles. The molecule has 0 aromatic heterocycles. The lowest BCUT2D eigenvalue weighted by molar-refractivity contribution is -0.00898. The minimum absolute atomic E-state index is 0.327. The summed E-state index contributed by atoms with van der Waals surface area (Å²) in [7, 11) is 0. The lowest BCUT2D eigenvalue weighted by Crippen LogP contribution is -2.20. The highest BCUT2D eigenvalue weighted by molar-refractivity contribution is 4.52. The van der Waals surface area contributed by atoms with Crippen molar-refractivity contribution in [2.24, 2.45) is 0 Å². The molecule has 0 amide bonds. The molecule has 0 saturated heterocycles. The second-order valence-corrected chi connectivity index (χ2v) is 3.74. The van der Waals surface area contributed by atoms with E-state index < -0.39 is 0 Å². The summed E-state index contributed by atoms with van der Waals surface area (Å²) in [6, 6.07) is 0. The van der Waals surface area contributed by atoms with E-state index in [4.69, 9.17) is 20.1 Å². The van der Waals surface area contributed by atoms with Gasteiger partial charge in [0.2, 0.25) is 0 Å². The topological polar surface area (TPSA) is 69.9 Å². The van der Waals surface area contributed by atoms with Gasteiger partial charge in [0.25, 0.3) is 0 Å². The first-order valence-corrected chi connectivity index (χ1v) is 6.16. The summed E-state index contributed by atoms with van der Waals surface area (Å²) in [6.07, 6.45) is 2.65. The van der Waals surface area contributed by atoms with E-state index in [0.29, 0.717) is 32.7 Å². The second-order valence-electron chi connectivity index (χ2n) is 3.74. The van der Waals surface area contributed by atoms with Crippen molar-refractivity contribution in [2.45, 2.75) is 58.7 Å². The fraction of sp³-hybridized carbons (Fsp3) is 1.00. The molecule has 3 N–H and O–H groups in total. The molecule has 0 aromatic rings. The van der Waals surface area contributed by atoms with Crippen molar-refractivity contribution in [2.75, 3.05) is 19.8 Å². The van der Waals surface area contributed by atoms with Crippen LogP contribution < -0.4 is 0 Å². The first-order chi connectivity index (χ1) is 7.62. The first-order valence-electron chi connectivity index (χ1n) is 6.16. The Balaban J connectivity index is 0. The summed E-state index contributed by atoms with van der Waals surface area (Å²) in [5, 5.41) is 26.1. The predicted octanol–water partition coefficient (Wildman–Crippen LogP) is 1.32. The lowest BCUT2D eigenvalue weighted by Gasteiger charge is -2.11. The second kappa shape index (κ2) is 14.8. The number of unbranched alkanes of at least 4 members (excludes halogenated alkanes) is 1. The molecule has 0 radical (unpaired) electrons. The predicted molar refractivity (Wildman–Crippen MR) is 65.4 cm³/mol. The fourth-order valence-corrected chi connectivity index (χ4v) is 0.734. The van der Waals surface area contributed by atoms with E-state index in [-0.39, 0.29) is 12.2 Å². The molecule has 16 heavy (non-hydrogen) atoms. The summed E-state index contributed by atoms with van der Waals surface area (Å²) in [5.41, 5.74) is 0. The average Bonchev–Trinajstić information content (AvgIpc) is 2.30. The molecular formula is C12H28O4. The van der Waals surface area contributed by atoms with Gasteiger partial charge in [0.1, 0.15) is 0 Å². The Morgan fingerprint density at radius 2 is 1.38 bits per heavy atom. The summed E-state index contributed by atoms with van der Waals surface area (Å²) < 4.78 is 5.04. The number of aliphatic hydroxyl groups excluding tert-OH is 3. The normalized spacial score (nSPS) is 13.9. The third-order valence-electron chi connectivity index (χ3n) is 2.07. The minimum Gasteiger partial charge on any atom is -0.396 e. The van der Waals surface area contributed by atoms with Crippen molar-refractivity contribution in [3.05, 3.63) is 0 Å². The van der Waals surface area contributed by atoms with Gasteiger partial charge in [0, 0.05) is 6.61 Å². The summed E-state index contributed by atoms with van der Waals surface area (Å²) in [6.45, 7) is 6.84. The molecule has 0 aliphatic heterocycles. The Kier molecular flexibility index (Phi) is 16.9. The third kappa shape index (κ3) is 16.3. The van der Waals surface area contributed by atoms with Gasteiger partial charge in [-0.2, -0.15) is 0 Å². The van der Waals surface area contributed by atoms with Gasteiger partial charge in [0.15, 0.2) is 0 Å². The summed E-state index contributed by atoms with van der Waals surface area (Å²) in [4.78, 5) is 0. The lowest BCUT2D eigenvalue weighted by atomic mass is 10.3. The number of rotatable bonds is 8. The Bertz CT molecular complexity index is 108. The molecule has 4 heteroatoms. The van der Waals surface area contributed by atoms with E-state index in [1.807, 2.05) is 13.8 Å². The van der Waals surface area contributed by atoms with Crippen LogP contribution in [0.5, 0.6) is 0 Å². The van der Waals surface area contributed by atoms with Gasteiger partial charge in [-0.15, -0.1) is 0 Å². The molecule has 0 fully saturated rings. The number of ether oxygens (including phenoxy) is 1. The monoisotopic (exact) mass is 236 g/mol. The summed E-state index contributed by atoms with van der Waals surface area (Å²) >= 11 is 0. The number of hydrogen-bond donors (Lipinski definition) is 3. The minimum atomic E-state index is -0.390. The van der Waals surface area contributed by atoms with Crippen LogP contribution in [0.4, 0.5) is 0 Å². The SMILES string of the molecule is CCC(O)COCC(O)CC.CCCCO. The molecule has 4 nitrogen and oxygen atoms in total. The Labute approximate surface area is 99.3 Å². The van der Waals surface area contributed by atoms with Crippen LogP contribution in [0.2, 0.25) is 0 Å². The van der Waals surface area contributed by atoms with Crippen molar-refractivity contribution in [1.82, 2.24) is 0 Å². The maximum atomic E-state index is 9.04. The molecule has 0 heterocycles. The van der Waals surface area contributed by atoms with E-state index >= 15 is 0 Å². The molecule has 0 spiro atoms. The molecule has 0 saturated carbocycles. The molecule has 2 unspecified atom stereocenters. The smallest absolute Gasteiger partial charge is 0.0771 e. The van der Waals surface area contributed by atoms with Crippen LogP contribution in [0, 0.1) is 0 Å². The number of hydrogen-bond acceptors (Lipinski definition) is 4. The first kappa shape index (κ1) is 18.2. The highest BCUT2D eigenvalue weighted by atomic mass is 16.5. The highest BCUT2D eigenvalue weighted by Crippen LogP contribution is 1.94. The maximum absolute atomic E-state index is 9.04. The van der Waals surface area contributed by atoms with E-state index in [1.165, 1.54) is 0 Å². The van der Waals surface area contributed by atoms with Crippen molar-refractivity contribution < 1.29 is 20.1 Å². The van der Waals surface area contributed by atoms with Crippen molar-refractivity contribution in [3.63, 3.8) is 0 Å². The van der Waals surface area contributed by atoms with Crippen LogP contribution in [0.25, 0.3) is 0 Å². The van der Waals surface area contributed by atoms with Crippen LogP contribution in [0.15, 0.2) is 0 Å². The van der Waals surface area contributed by atoms with Crippen molar-refractivity contribution in [3.8, 4) is 0 Å². The van der Waals surface area contributed by atoms with Crippen molar-refractivity contribution in [1.29, 1.82) is 0 Å². The van der Waals surface area contributed by atoms with Crippen LogP contribution in [-0.2, 0) is 4.74 Å². The Morgan fingerprint density at radius 1 is 0.938 bits per heavy atom. The van der Waals surface area contributed by atoms with Gasteiger partial charge >= 0.3 is 0 Å². The maximum Gasteiger partial charge on any atom is 0.0771 e. The van der Waals surface area contributed by atoms with Gasteiger partial charge in [-0.3, -0.25) is 0 Å². The van der Waals surface area contributed by atoms with E-state index in [1.54, 1.807) is 0 Å².